The molecule has 0 spiro atoms. The van der Waals surface area contributed by atoms with Gasteiger partial charge in [-0.25, -0.2) is 0 Å². The zero-order valence-electron chi connectivity index (χ0n) is 26.7. The maximum atomic E-state index is 11.7. The van der Waals surface area contributed by atoms with Gasteiger partial charge in [-0.2, -0.15) is 0 Å². The molecule has 0 amide bonds. The fourth-order valence-electron chi connectivity index (χ4n) is 5.86. The second kappa shape index (κ2) is 31.0. The number of carbonyl (C=O) groups is 1. The molecule has 0 aromatic heterocycles. The number of carboxylic acids is 1. The highest BCUT2D eigenvalue weighted by Gasteiger charge is 2.16. The molecule has 0 radical (unpaired) electrons. The lowest BCUT2D eigenvalue weighted by Gasteiger charge is -2.12. The molecule has 0 aromatic carbocycles. The van der Waals surface area contributed by atoms with Crippen molar-refractivity contribution in [3.05, 3.63) is 0 Å². The Morgan fingerprint density at radius 1 is 0.421 bits per heavy atom. The second-order valence-electron chi connectivity index (χ2n) is 13.0. The predicted octanol–water partition coefficient (Wildman–Crippen LogP) is 13.1. The van der Waals surface area contributed by atoms with Crippen molar-refractivity contribution in [3.63, 3.8) is 0 Å². The van der Waals surface area contributed by atoms with Gasteiger partial charge in [-0.3, -0.25) is 4.79 Å². The third-order valence-corrected chi connectivity index (χ3v) is 8.59. The number of hydrogen-bond acceptors (Lipinski definition) is 1. The van der Waals surface area contributed by atoms with Crippen LogP contribution in [-0.2, 0) is 4.79 Å². The van der Waals surface area contributed by atoms with E-state index in [1.807, 2.05) is 0 Å². The first-order valence-electron chi connectivity index (χ1n) is 17.8. The van der Waals surface area contributed by atoms with Crippen molar-refractivity contribution in [1.29, 1.82) is 0 Å². The van der Waals surface area contributed by atoms with E-state index in [0.29, 0.717) is 0 Å². The SMILES string of the molecule is CCCCCCCCCCCCCCCCC(CCCCCCCCCCCCCCCC(C)C)C(=O)O. The van der Waals surface area contributed by atoms with Gasteiger partial charge in [-0.15, -0.1) is 0 Å². The van der Waals surface area contributed by atoms with Crippen LogP contribution in [0.5, 0.6) is 0 Å². The van der Waals surface area contributed by atoms with Crippen molar-refractivity contribution in [2.45, 2.75) is 213 Å². The van der Waals surface area contributed by atoms with Gasteiger partial charge in [0.25, 0.3) is 0 Å². The fourth-order valence-corrected chi connectivity index (χ4v) is 5.86. The van der Waals surface area contributed by atoms with E-state index in [0.717, 1.165) is 31.6 Å². The summed E-state index contributed by atoms with van der Waals surface area (Å²) in [6, 6.07) is 0. The topological polar surface area (TPSA) is 37.3 Å². The van der Waals surface area contributed by atoms with Crippen LogP contribution in [0.2, 0.25) is 0 Å². The lowest BCUT2D eigenvalue weighted by molar-refractivity contribution is -0.142. The Morgan fingerprint density at radius 3 is 0.895 bits per heavy atom. The summed E-state index contributed by atoms with van der Waals surface area (Å²) < 4.78 is 0. The van der Waals surface area contributed by atoms with E-state index in [9.17, 15) is 9.90 Å². The summed E-state index contributed by atoms with van der Waals surface area (Å²) in [5.41, 5.74) is 0. The molecule has 1 atom stereocenters. The monoisotopic (exact) mass is 537 g/mol. The summed E-state index contributed by atoms with van der Waals surface area (Å²) in [6.07, 6.45) is 39.9. The summed E-state index contributed by atoms with van der Waals surface area (Å²) in [5, 5.41) is 9.60. The molecule has 1 unspecified atom stereocenters. The maximum Gasteiger partial charge on any atom is 0.306 e. The van der Waals surface area contributed by atoms with E-state index in [1.54, 1.807) is 0 Å². The minimum atomic E-state index is -0.556. The predicted molar refractivity (Wildman–Crippen MR) is 170 cm³/mol. The molecule has 0 aliphatic carbocycles. The maximum absolute atomic E-state index is 11.7. The van der Waals surface area contributed by atoms with Gasteiger partial charge in [0.05, 0.1) is 5.92 Å². The van der Waals surface area contributed by atoms with E-state index < -0.39 is 5.97 Å². The third-order valence-electron chi connectivity index (χ3n) is 8.59. The smallest absolute Gasteiger partial charge is 0.306 e. The minimum Gasteiger partial charge on any atom is -0.481 e. The Bertz CT molecular complexity index is 458. The molecular formula is C36H72O2. The first kappa shape index (κ1) is 37.5. The molecule has 228 valence electrons. The normalized spacial score (nSPS) is 12.4. The highest BCUT2D eigenvalue weighted by Crippen LogP contribution is 2.20. The Hall–Kier alpha value is -0.530. The van der Waals surface area contributed by atoms with E-state index >= 15 is 0 Å². The average Bonchev–Trinajstić information content (AvgIpc) is 2.89. The van der Waals surface area contributed by atoms with Crippen molar-refractivity contribution >= 4 is 5.97 Å². The van der Waals surface area contributed by atoms with E-state index in [-0.39, 0.29) is 5.92 Å². The number of hydrogen-bond donors (Lipinski definition) is 1. The van der Waals surface area contributed by atoms with Gasteiger partial charge in [0, 0.05) is 0 Å². The van der Waals surface area contributed by atoms with Gasteiger partial charge in [0.1, 0.15) is 0 Å². The summed E-state index contributed by atoms with van der Waals surface area (Å²) in [4.78, 5) is 11.7. The third kappa shape index (κ3) is 30.0. The molecule has 2 nitrogen and oxygen atoms in total. The molecule has 0 rings (SSSR count). The number of carboxylic acid groups (broad SMARTS) is 1. The molecule has 0 saturated heterocycles. The van der Waals surface area contributed by atoms with Crippen LogP contribution in [0.25, 0.3) is 0 Å². The number of aliphatic carboxylic acids is 1. The Morgan fingerprint density at radius 2 is 0.658 bits per heavy atom. The Kier molecular flexibility index (Phi) is 30.6. The molecule has 38 heavy (non-hydrogen) atoms. The van der Waals surface area contributed by atoms with Crippen LogP contribution in [0.3, 0.4) is 0 Å². The molecule has 0 aromatic rings. The molecule has 0 aliphatic rings. The standard InChI is InChI=1S/C36H72O2/c1-4-5-6-7-8-9-10-11-14-17-20-23-26-29-32-35(36(37)38)33-30-27-24-21-18-15-12-13-16-19-22-25-28-31-34(2)3/h34-35H,4-33H2,1-3H3,(H,37,38). The van der Waals surface area contributed by atoms with Gasteiger partial charge in [-0.05, 0) is 18.8 Å². The first-order valence-corrected chi connectivity index (χ1v) is 17.8. The van der Waals surface area contributed by atoms with Crippen LogP contribution in [0.4, 0.5) is 0 Å². The molecule has 0 saturated carbocycles. The molecule has 0 fully saturated rings. The molecule has 2 heteroatoms. The minimum absolute atomic E-state index is 0.0994. The Balaban J connectivity index is 3.39. The van der Waals surface area contributed by atoms with Crippen LogP contribution in [0.1, 0.15) is 213 Å². The van der Waals surface area contributed by atoms with E-state index in [4.69, 9.17) is 0 Å². The Labute approximate surface area is 240 Å². The number of rotatable bonds is 32. The molecule has 0 bridgehead atoms. The highest BCUT2D eigenvalue weighted by molar-refractivity contribution is 5.69. The van der Waals surface area contributed by atoms with Crippen LogP contribution >= 0.6 is 0 Å². The summed E-state index contributed by atoms with van der Waals surface area (Å²) in [5.74, 6) is 0.213. The molecule has 0 heterocycles. The van der Waals surface area contributed by atoms with Crippen LogP contribution < -0.4 is 0 Å². The van der Waals surface area contributed by atoms with E-state index in [1.165, 1.54) is 167 Å². The zero-order valence-corrected chi connectivity index (χ0v) is 26.7. The average molecular weight is 537 g/mol. The quantitative estimate of drug-likeness (QED) is 0.0868. The van der Waals surface area contributed by atoms with Gasteiger partial charge >= 0.3 is 5.97 Å². The van der Waals surface area contributed by atoms with Gasteiger partial charge in [-0.1, -0.05) is 201 Å². The highest BCUT2D eigenvalue weighted by atomic mass is 16.4. The summed E-state index contributed by atoms with van der Waals surface area (Å²) in [6.45, 7) is 6.94. The lowest BCUT2D eigenvalue weighted by atomic mass is 9.94. The van der Waals surface area contributed by atoms with Gasteiger partial charge in [0.15, 0.2) is 0 Å². The fraction of sp³-hybridized carbons (Fsp3) is 0.972. The van der Waals surface area contributed by atoms with Crippen molar-refractivity contribution in [2.24, 2.45) is 11.8 Å². The molecule has 0 aliphatic heterocycles. The second-order valence-corrected chi connectivity index (χ2v) is 13.0. The van der Waals surface area contributed by atoms with Crippen LogP contribution in [-0.4, -0.2) is 11.1 Å². The zero-order chi connectivity index (χ0) is 27.9. The molecule has 1 N–H and O–H groups in total. The van der Waals surface area contributed by atoms with Gasteiger partial charge < -0.3 is 5.11 Å². The van der Waals surface area contributed by atoms with Crippen molar-refractivity contribution in [2.75, 3.05) is 0 Å². The first-order chi connectivity index (χ1) is 18.6. The van der Waals surface area contributed by atoms with E-state index in [2.05, 4.69) is 20.8 Å². The van der Waals surface area contributed by atoms with Crippen molar-refractivity contribution in [3.8, 4) is 0 Å². The molecular weight excluding hydrogens is 464 g/mol. The largest absolute Gasteiger partial charge is 0.481 e. The summed E-state index contributed by atoms with van der Waals surface area (Å²) >= 11 is 0. The van der Waals surface area contributed by atoms with Crippen LogP contribution in [0.15, 0.2) is 0 Å². The van der Waals surface area contributed by atoms with Crippen LogP contribution in [0, 0.1) is 11.8 Å². The van der Waals surface area contributed by atoms with Crippen molar-refractivity contribution < 1.29 is 9.90 Å². The summed E-state index contributed by atoms with van der Waals surface area (Å²) in [7, 11) is 0. The van der Waals surface area contributed by atoms with Gasteiger partial charge in [0.2, 0.25) is 0 Å². The lowest BCUT2D eigenvalue weighted by Crippen LogP contribution is -2.13. The van der Waals surface area contributed by atoms with Crippen molar-refractivity contribution in [1.82, 2.24) is 0 Å². The number of unbranched alkanes of at least 4 members (excludes halogenated alkanes) is 25.